The molecule has 0 amide bonds. The molecular weight excluding hydrogens is 308 g/mol. The van der Waals surface area contributed by atoms with Crippen LogP contribution in [0.15, 0.2) is 42.5 Å². The third-order valence-corrected chi connectivity index (χ3v) is 3.32. The number of benzene rings is 2. The molecule has 1 unspecified atom stereocenters. The normalized spacial score (nSPS) is 13.2. The van der Waals surface area contributed by atoms with Crippen LogP contribution >= 0.6 is 11.6 Å². The summed E-state index contributed by atoms with van der Waals surface area (Å²) in [6.45, 7) is 0. The molecule has 0 aliphatic rings. The summed E-state index contributed by atoms with van der Waals surface area (Å²) < 4.78 is 51.1. The fourth-order valence-electron chi connectivity index (χ4n) is 1.93. The molecule has 1 N–H and O–H groups in total. The summed E-state index contributed by atoms with van der Waals surface area (Å²) in [6.07, 6.45) is -5.63. The van der Waals surface area contributed by atoms with E-state index in [9.17, 15) is 22.7 Å². The number of halogens is 5. The summed E-state index contributed by atoms with van der Waals surface area (Å²) in [7, 11) is 0. The summed E-state index contributed by atoms with van der Waals surface area (Å²) >= 11 is 5.54. The minimum absolute atomic E-state index is 0.00456. The molecule has 2 rings (SSSR count). The van der Waals surface area contributed by atoms with Crippen LogP contribution in [0.4, 0.5) is 17.6 Å². The molecule has 2 aromatic rings. The SMILES string of the molecule is OC(Cc1ccc(Cl)c(F)c1)c1cccc(C(F)(F)F)c1. The molecule has 0 fully saturated rings. The van der Waals surface area contributed by atoms with Gasteiger partial charge in [0, 0.05) is 6.42 Å². The average Bonchev–Trinajstić information content (AvgIpc) is 2.42. The van der Waals surface area contributed by atoms with Gasteiger partial charge < -0.3 is 5.11 Å². The first-order valence-corrected chi connectivity index (χ1v) is 6.44. The van der Waals surface area contributed by atoms with Crippen molar-refractivity contribution in [2.45, 2.75) is 18.7 Å². The number of hydrogen-bond acceptors (Lipinski definition) is 1. The zero-order valence-electron chi connectivity index (χ0n) is 10.7. The first kappa shape index (κ1) is 15.8. The Kier molecular flexibility index (Phi) is 4.54. The third-order valence-electron chi connectivity index (χ3n) is 3.01. The quantitative estimate of drug-likeness (QED) is 0.808. The first-order chi connectivity index (χ1) is 9.77. The highest BCUT2D eigenvalue weighted by Crippen LogP contribution is 2.31. The van der Waals surface area contributed by atoms with E-state index in [1.165, 1.54) is 24.3 Å². The predicted molar refractivity (Wildman–Crippen MR) is 71.5 cm³/mol. The van der Waals surface area contributed by atoms with Gasteiger partial charge >= 0.3 is 6.18 Å². The lowest BCUT2D eigenvalue weighted by molar-refractivity contribution is -0.137. The van der Waals surface area contributed by atoms with Crippen molar-refractivity contribution in [1.29, 1.82) is 0 Å². The summed E-state index contributed by atoms with van der Waals surface area (Å²) in [4.78, 5) is 0. The van der Waals surface area contributed by atoms with Crippen LogP contribution < -0.4 is 0 Å². The van der Waals surface area contributed by atoms with Gasteiger partial charge in [-0.15, -0.1) is 0 Å². The van der Waals surface area contributed by atoms with Gasteiger partial charge in [-0.05, 0) is 35.4 Å². The maximum absolute atomic E-state index is 13.3. The Hall–Kier alpha value is -1.59. The maximum atomic E-state index is 13.3. The first-order valence-electron chi connectivity index (χ1n) is 6.06. The van der Waals surface area contributed by atoms with Crippen LogP contribution in [0.1, 0.15) is 22.8 Å². The van der Waals surface area contributed by atoms with Crippen molar-refractivity contribution in [2.75, 3.05) is 0 Å². The Balaban J connectivity index is 2.20. The smallest absolute Gasteiger partial charge is 0.388 e. The van der Waals surface area contributed by atoms with Crippen molar-refractivity contribution in [3.8, 4) is 0 Å². The Bertz CT molecular complexity index is 640. The van der Waals surface area contributed by atoms with Gasteiger partial charge in [0.25, 0.3) is 0 Å². The molecule has 1 atom stereocenters. The monoisotopic (exact) mass is 318 g/mol. The van der Waals surface area contributed by atoms with Crippen LogP contribution in [0.25, 0.3) is 0 Å². The van der Waals surface area contributed by atoms with Crippen LogP contribution in [-0.2, 0) is 12.6 Å². The molecule has 2 aromatic carbocycles. The van der Waals surface area contributed by atoms with Gasteiger partial charge in [0.2, 0.25) is 0 Å². The molecular formula is C15H11ClF4O. The molecule has 0 heterocycles. The van der Waals surface area contributed by atoms with Crippen LogP contribution in [0.3, 0.4) is 0 Å². The molecule has 0 spiro atoms. The van der Waals surface area contributed by atoms with E-state index < -0.39 is 23.7 Å². The van der Waals surface area contributed by atoms with Crippen molar-refractivity contribution in [3.63, 3.8) is 0 Å². The molecule has 0 radical (unpaired) electrons. The van der Waals surface area contributed by atoms with E-state index in [4.69, 9.17) is 11.6 Å². The van der Waals surface area contributed by atoms with Crippen LogP contribution in [0.5, 0.6) is 0 Å². The minimum Gasteiger partial charge on any atom is -0.388 e. The van der Waals surface area contributed by atoms with Crippen molar-refractivity contribution in [2.24, 2.45) is 0 Å². The standard InChI is InChI=1S/C15H11ClF4O/c16-12-5-4-9(6-13(12)17)7-14(21)10-2-1-3-11(8-10)15(18,19)20/h1-6,8,14,21H,7H2. The van der Waals surface area contributed by atoms with Crippen LogP contribution in [0, 0.1) is 5.82 Å². The van der Waals surface area contributed by atoms with E-state index in [1.807, 2.05) is 0 Å². The number of aliphatic hydroxyl groups excluding tert-OH is 1. The van der Waals surface area contributed by atoms with E-state index in [-0.39, 0.29) is 17.0 Å². The maximum Gasteiger partial charge on any atom is 0.416 e. The lowest BCUT2D eigenvalue weighted by atomic mass is 9.99. The highest BCUT2D eigenvalue weighted by molar-refractivity contribution is 6.30. The molecule has 21 heavy (non-hydrogen) atoms. The lowest BCUT2D eigenvalue weighted by Gasteiger charge is -2.14. The molecule has 0 aromatic heterocycles. The molecule has 0 aliphatic heterocycles. The molecule has 6 heteroatoms. The van der Waals surface area contributed by atoms with Gasteiger partial charge in [-0.3, -0.25) is 0 Å². The zero-order chi connectivity index (χ0) is 15.6. The number of rotatable bonds is 3. The molecule has 112 valence electrons. The summed E-state index contributed by atoms with van der Waals surface area (Å²) in [5.74, 6) is -0.634. The summed E-state index contributed by atoms with van der Waals surface area (Å²) in [6, 6.07) is 8.44. The van der Waals surface area contributed by atoms with E-state index in [0.29, 0.717) is 5.56 Å². The van der Waals surface area contributed by atoms with Gasteiger partial charge in [-0.1, -0.05) is 29.8 Å². The minimum atomic E-state index is -4.47. The van der Waals surface area contributed by atoms with E-state index in [1.54, 1.807) is 0 Å². The number of hydrogen-bond donors (Lipinski definition) is 1. The fraction of sp³-hybridized carbons (Fsp3) is 0.200. The van der Waals surface area contributed by atoms with Gasteiger partial charge in [0.1, 0.15) is 5.82 Å². The van der Waals surface area contributed by atoms with E-state index >= 15 is 0 Å². The van der Waals surface area contributed by atoms with Crippen molar-refractivity contribution in [1.82, 2.24) is 0 Å². The van der Waals surface area contributed by atoms with E-state index in [2.05, 4.69) is 0 Å². The zero-order valence-corrected chi connectivity index (χ0v) is 11.4. The number of alkyl halides is 3. The Labute approximate surface area is 123 Å². The highest BCUT2D eigenvalue weighted by Gasteiger charge is 2.30. The largest absolute Gasteiger partial charge is 0.416 e. The van der Waals surface area contributed by atoms with Crippen molar-refractivity contribution >= 4 is 11.6 Å². The molecule has 0 saturated carbocycles. The second-order valence-electron chi connectivity index (χ2n) is 4.59. The van der Waals surface area contributed by atoms with Gasteiger partial charge in [-0.2, -0.15) is 13.2 Å². The lowest BCUT2D eigenvalue weighted by Crippen LogP contribution is -2.08. The highest BCUT2D eigenvalue weighted by atomic mass is 35.5. The molecule has 1 nitrogen and oxygen atoms in total. The molecule has 0 saturated heterocycles. The van der Waals surface area contributed by atoms with Crippen LogP contribution in [-0.4, -0.2) is 5.11 Å². The Morgan fingerprint density at radius 2 is 1.81 bits per heavy atom. The van der Waals surface area contributed by atoms with Gasteiger partial charge in [0.05, 0.1) is 16.7 Å². The van der Waals surface area contributed by atoms with Crippen LogP contribution in [0.2, 0.25) is 5.02 Å². The van der Waals surface area contributed by atoms with Crippen molar-refractivity contribution in [3.05, 3.63) is 70.0 Å². The molecule has 0 aliphatic carbocycles. The Morgan fingerprint density at radius 1 is 1.10 bits per heavy atom. The van der Waals surface area contributed by atoms with Gasteiger partial charge in [0.15, 0.2) is 0 Å². The topological polar surface area (TPSA) is 20.2 Å². The Morgan fingerprint density at radius 3 is 2.43 bits per heavy atom. The predicted octanol–water partition coefficient (Wildman–Crippen LogP) is 4.77. The average molecular weight is 319 g/mol. The van der Waals surface area contributed by atoms with Crippen molar-refractivity contribution < 1.29 is 22.7 Å². The second kappa shape index (κ2) is 6.03. The number of aliphatic hydroxyl groups is 1. The fourth-order valence-corrected chi connectivity index (χ4v) is 2.05. The molecule has 0 bridgehead atoms. The second-order valence-corrected chi connectivity index (χ2v) is 5.00. The van der Waals surface area contributed by atoms with Gasteiger partial charge in [-0.25, -0.2) is 4.39 Å². The summed E-state index contributed by atoms with van der Waals surface area (Å²) in [5, 5.41) is 9.95. The van der Waals surface area contributed by atoms with E-state index in [0.717, 1.165) is 18.2 Å². The summed E-state index contributed by atoms with van der Waals surface area (Å²) in [5.41, 5.74) is -0.261. The third kappa shape index (κ3) is 3.95.